The SMILES string of the molecule is CCn1ncnc1CS(=O)(=O)C(C)CN. The number of hydrogen-bond acceptors (Lipinski definition) is 5. The highest BCUT2D eigenvalue weighted by atomic mass is 32.2. The zero-order chi connectivity index (χ0) is 11.5. The van der Waals surface area contributed by atoms with Crippen LogP contribution >= 0.6 is 0 Å². The van der Waals surface area contributed by atoms with Crippen molar-refractivity contribution in [2.24, 2.45) is 5.73 Å². The maximum atomic E-state index is 11.7. The third kappa shape index (κ3) is 2.75. The molecule has 0 aliphatic carbocycles. The van der Waals surface area contributed by atoms with E-state index in [0.29, 0.717) is 12.4 Å². The molecule has 15 heavy (non-hydrogen) atoms. The molecule has 1 rings (SSSR count). The molecule has 0 radical (unpaired) electrons. The van der Waals surface area contributed by atoms with Crippen LogP contribution in [0.1, 0.15) is 19.7 Å². The van der Waals surface area contributed by atoms with Crippen LogP contribution in [0.3, 0.4) is 0 Å². The van der Waals surface area contributed by atoms with Crippen molar-refractivity contribution in [2.45, 2.75) is 31.4 Å². The van der Waals surface area contributed by atoms with Crippen molar-refractivity contribution < 1.29 is 8.42 Å². The van der Waals surface area contributed by atoms with E-state index in [2.05, 4.69) is 10.1 Å². The Labute approximate surface area is 89.4 Å². The van der Waals surface area contributed by atoms with Gasteiger partial charge in [-0.15, -0.1) is 0 Å². The van der Waals surface area contributed by atoms with Gasteiger partial charge in [-0.25, -0.2) is 18.1 Å². The van der Waals surface area contributed by atoms with Gasteiger partial charge in [0.15, 0.2) is 9.84 Å². The van der Waals surface area contributed by atoms with E-state index in [-0.39, 0.29) is 12.3 Å². The molecule has 7 heteroatoms. The highest BCUT2D eigenvalue weighted by Crippen LogP contribution is 2.08. The maximum Gasteiger partial charge on any atom is 0.161 e. The van der Waals surface area contributed by atoms with Crippen molar-refractivity contribution in [3.05, 3.63) is 12.2 Å². The first-order valence-electron chi connectivity index (χ1n) is 4.79. The summed E-state index contributed by atoms with van der Waals surface area (Å²) in [5.74, 6) is 0.372. The van der Waals surface area contributed by atoms with Gasteiger partial charge in [-0.05, 0) is 13.8 Å². The smallest absolute Gasteiger partial charge is 0.161 e. The zero-order valence-corrected chi connectivity index (χ0v) is 9.74. The van der Waals surface area contributed by atoms with E-state index in [1.165, 1.54) is 6.33 Å². The van der Waals surface area contributed by atoms with E-state index in [0.717, 1.165) is 0 Å². The van der Waals surface area contributed by atoms with Crippen LogP contribution in [0.15, 0.2) is 6.33 Å². The number of aryl methyl sites for hydroxylation is 1. The second-order valence-corrected chi connectivity index (χ2v) is 5.76. The number of sulfone groups is 1. The summed E-state index contributed by atoms with van der Waals surface area (Å²) in [4.78, 5) is 3.92. The molecular formula is C8H16N4O2S. The predicted molar refractivity (Wildman–Crippen MR) is 56.8 cm³/mol. The van der Waals surface area contributed by atoms with E-state index in [9.17, 15) is 8.42 Å². The van der Waals surface area contributed by atoms with Crippen LogP contribution in [0.5, 0.6) is 0 Å². The molecule has 0 bridgehead atoms. The van der Waals surface area contributed by atoms with Crippen molar-refractivity contribution >= 4 is 9.84 Å². The Morgan fingerprint density at radius 2 is 2.27 bits per heavy atom. The molecule has 86 valence electrons. The van der Waals surface area contributed by atoms with E-state index in [1.54, 1.807) is 11.6 Å². The van der Waals surface area contributed by atoms with Crippen LogP contribution in [0.4, 0.5) is 0 Å². The molecule has 1 unspecified atom stereocenters. The first kappa shape index (κ1) is 12.1. The summed E-state index contributed by atoms with van der Waals surface area (Å²) in [5.41, 5.74) is 5.34. The molecule has 1 heterocycles. The zero-order valence-electron chi connectivity index (χ0n) is 8.92. The van der Waals surface area contributed by atoms with Gasteiger partial charge in [0, 0.05) is 13.1 Å². The lowest BCUT2D eigenvalue weighted by molar-refractivity contribution is 0.573. The van der Waals surface area contributed by atoms with Gasteiger partial charge in [-0.2, -0.15) is 5.10 Å². The van der Waals surface area contributed by atoms with E-state index >= 15 is 0 Å². The van der Waals surface area contributed by atoms with Crippen LogP contribution in [-0.4, -0.2) is 35.0 Å². The second kappa shape index (κ2) is 4.71. The summed E-state index contributed by atoms with van der Waals surface area (Å²) in [5, 5.41) is 3.37. The molecule has 0 saturated heterocycles. The number of hydrogen-bond donors (Lipinski definition) is 1. The van der Waals surface area contributed by atoms with Gasteiger partial charge in [0.05, 0.1) is 5.25 Å². The van der Waals surface area contributed by atoms with Crippen molar-refractivity contribution in [3.8, 4) is 0 Å². The molecule has 0 aliphatic rings. The summed E-state index contributed by atoms with van der Waals surface area (Å²) in [6.07, 6.45) is 1.36. The summed E-state index contributed by atoms with van der Waals surface area (Å²) < 4.78 is 25.0. The minimum atomic E-state index is -3.21. The number of rotatable bonds is 5. The quantitative estimate of drug-likeness (QED) is 0.743. The fourth-order valence-electron chi connectivity index (χ4n) is 1.13. The topological polar surface area (TPSA) is 90.9 Å². The van der Waals surface area contributed by atoms with Gasteiger partial charge in [0.2, 0.25) is 0 Å². The van der Waals surface area contributed by atoms with Crippen molar-refractivity contribution in [3.63, 3.8) is 0 Å². The first-order valence-corrected chi connectivity index (χ1v) is 6.51. The monoisotopic (exact) mass is 232 g/mol. The van der Waals surface area contributed by atoms with E-state index in [4.69, 9.17) is 5.73 Å². The summed E-state index contributed by atoms with van der Waals surface area (Å²) in [7, 11) is -3.21. The highest BCUT2D eigenvalue weighted by molar-refractivity contribution is 7.91. The average molecular weight is 232 g/mol. The molecule has 0 aromatic carbocycles. The van der Waals surface area contributed by atoms with Crippen LogP contribution in [0, 0.1) is 0 Å². The second-order valence-electron chi connectivity index (χ2n) is 3.35. The summed E-state index contributed by atoms with van der Waals surface area (Å²) >= 11 is 0. The van der Waals surface area contributed by atoms with Crippen molar-refractivity contribution in [1.82, 2.24) is 14.8 Å². The largest absolute Gasteiger partial charge is 0.329 e. The van der Waals surface area contributed by atoms with Crippen LogP contribution in [0.25, 0.3) is 0 Å². The van der Waals surface area contributed by atoms with Crippen molar-refractivity contribution in [1.29, 1.82) is 0 Å². The Bertz CT molecular complexity index is 412. The lowest BCUT2D eigenvalue weighted by Gasteiger charge is -2.10. The fourth-order valence-corrected chi connectivity index (χ4v) is 2.29. The van der Waals surface area contributed by atoms with Crippen LogP contribution < -0.4 is 5.73 Å². The molecule has 2 N–H and O–H groups in total. The van der Waals surface area contributed by atoms with Crippen LogP contribution in [-0.2, 0) is 22.1 Å². The summed E-state index contributed by atoms with van der Waals surface area (Å²) in [6, 6.07) is 0. The summed E-state index contributed by atoms with van der Waals surface area (Å²) in [6.45, 7) is 4.23. The molecule has 0 spiro atoms. The third-order valence-corrected chi connectivity index (χ3v) is 4.35. The lowest BCUT2D eigenvalue weighted by atomic mass is 10.5. The Kier molecular flexibility index (Phi) is 3.81. The molecule has 6 nitrogen and oxygen atoms in total. The van der Waals surface area contributed by atoms with E-state index < -0.39 is 15.1 Å². The average Bonchev–Trinajstić information content (AvgIpc) is 2.63. The Morgan fingerprint density at radius 1 is 1.60 bits per heavy atom. The number of aromatic nitrogens is 3. The third-order valence-electron chi connectivity index (χ3n) is 2.27. The molecule has 1 atom stereocenters. The van der Waals surface area contributed by atoms with Gasteiger partial charge in [-0.3, -0.25) is 0 Å². The Balaban J connectivity index is 2.86. The molecule has 1 aromatic rings. The molecular weight excluding hydrogens is 216 g/mol. The standard InChI is InChI=1S/C8H16N4O2S/c1-3-12-8(10-6-11-12)5-15(13,14)7(2)4-9/h6-7H,3-5,9H2,1-2H3. The first-order chi connectivity index (χ1) is 7.01. The number of nitrogens with two attached hydrogens (primary N) is 1. The molecule has 0 fully saturated rings. The van der Waals surface area contributed by atoms with Gasteiger partial charge < -0.3 is 5.73 Å². The molecule has 0 aliphatic heterocycles. The number of nitrogens with zero attached hydrogens (tertiary/aromatic N) is 3. The minimum absolute atomic E-state index is 0.0980. The predicted octanol–water partition coefficient (Wildman–Crippen LogP) is -0.440. The normalized spacial score (nSPS) is 14.1. The molecule has 1 aromatic heterocycles. The minimum Gasteiger partial charge on any atom is -0.329 e. The van der Waals surface area contributed by atoms with Gasteiger partial charge >= 0.3 is 0 Å². The Morgan fingerprint density at radius 3 is 2.80 bits per heavy atom. The van der Waals surface area contributed by atoms with Gasteiger partial charge in [0.1, 0.15) is 17.9 Å². The lowest BCUT2D eigenvalue weighted by Crippen LogP contribution is -2.28. The van der Waals surface area contributed by atoms with E-state index in [1.807, 2.05) is 6.92 Å². The van der Waals surface area contributed by atoms with Crippen LogP contribution in [0.2, 0.25) is 0 Å². The maximum absolute atomic E-state index is 11.7. The fraction of sp³-hybridized carbons (Fsp3) is 0.750. The molecule has 0 saturated carbocycles. The van der Waals surface area contributed by atoms with Crippen molar-refractivity contribution in [2.75, 3.05) is 6.54 Å². The van der Waals surface area contributed by atoms with Gasteiger partial charge in [-0.1, -0.05) is 0 Å². The molecule has 0 amide bonds. The highest BCUT2D eigenvalue weighted by Gasteiger charge is 2.22. The Hall–Kier alpha value is -0.950. The van der Waals surface area contributed by atoms with Gasteiger partial charge in [0.25, 0.3) is 0 Å².